The first-order chi connectivity index (χ1) is 18.4. The molecule has 38 heavy (non-hydrogen) atoms. The van der Waals surface area contributed by atoms with E-state index in [1.807, 2.05) is 42.2 Å². The number of carbonyl (C=O) groups excluding carboxylic acids is 1. The molecule has 1 amide bonds. The van der Waals surface area contributed by atoms with Crippen LogP contribution in [0.5, 0.6) is 5.88 Å². The fourth-order valence-corrected chi connectivity index (χ4v) is 8.26. The van der Waals surface area contributed by atoms with Crippen LogP contribution in [0.25, 0.3) is 0 Å². The molecular weight excluding hydrogens is 506 g/mol. The molecule has 3 heterocycles. The SMILES string of the molecule is COc1ncc(C)cc1S(=O)(=O)[C@@H]1NC[C@H]2C[C@H](N(CC3CCOCC3)C(=O)OCc3ccccc3)C[C@@H]21. The standard InChI is InChI=1S/C28H37N3O6S/c1-19-12-25(26(35-2)29-15-19)38(33,34)27-24-14-23(13-22(24)16-30-27)31(17-20-8-10-36-11-9-20)28(32)37-18-21-6-4-3-5-7-21/h3-7,12,15,20,22-24,27,30H,8-11,13-14,16-18H2,1-2H3/t22-,23+,24+,27+/m1/s1. The Balaban J connectivity index is 1.34. The zero-order valence-electron chi connectivity index (χ0n) is 22.0. The minimum Gasteiger partial charge on any atom is -0.480 e. The van der Waals surface area contributed by atoms with Gasteiger partial charge in [-0.1, -0.05) is 30.3 Å². The van der Waals surface area contributed by atoms with E-state index < -0.39 is 15.2 Å². The van der Waals surface area contributed by atoms with E-state index in [4.69, 9.17) is 14.2 Å². The van der Waals surface area contributed by atoms with Gasteiger partial charge in [-0.15, -0.1) is 0 Å². The third-order valence-corrected chi connectivity index (χ3v) is 10.3. The van der Waals surface area contributed by atoms with E-state index >= 15 is 0 Å². The second-order valence-electron chi connectivity index (χ2n) is 10.7. The number of benzene rings is 1. The van der Waals surface area contributed by atoms with Gasteiger partial charge in [0.25, 0.3) is 0 Å². The molecule has 0 bridgehead atoms. The highest BCUT2D eigenvalue weighted by Gasteiger charge is 2.51. The van der Waals surface area contributed by atoms with Gasteiger partial charge < -0.3 is 24.4 Å². The highest BCUT2D eigenvalue weighted by molar-refractivity contribution is 7.92. The molecule has 206 valence electrons. The van der Waals surface area contributed by atoms with Crippen LogP contribution in [0.3, 0.4) is 0 Å². The predicted octanol–water partition coefficient (Wildman–Crippen LogP) is 3.56. The summed E-state index contributed by atoms with van der Waals surface area (Å²) in [7, 11) is -2.32. The first-order valence-electron chi connectivity index (χ1n) is 13.4. The third-order valence-electron chi connectivity index (χ3n) is 8.16. The Kier molecular flexibility index (Phi) is 8.20. The maximum atomic E-state index is 13.8. The lowest BCUT2D eigenvalue weighted by molar-refractivity contribution is 0.0352. The fourth-order valence-electron chi connectivity index (χ4n) is 6.15. The number of carbonyl (C=O) groups is 1. The van der Waals surface area contributed by atoms with Gasteiger partial charge in [0.15, 0.2) is 9.84 Å². The van der Waals surface area contributed by atoms with Gasteiger partial charge in [0, 0.05) is 32.0 Å². The van der Waals surface area contributed by atoms with Crippen LogP contribution in [0.15, 0.2) is 47.5 Å². The Bertz CT molecular complexity index is 1220. The van der Waals surface area contributed by atoms with Crippen molar-refractivity contribution in [1.29, 1.82) is 0 Å². The predicted molar refractivity (Wildman–Crippen MR) is 141 cm³/mol. The van der Waals surface area contributed by atoms with Crippen molar-refractivity contribution in [2.75, 3.05) is 33.4 Å². The minimum atomic E-state index is -3.75. The van der Waals surface area contributed by atoms with E-state index in [-0.39, 0.29) is 41.4 Å². The maximum Gasteiger partial charge on any atom is 0.410 e. The molecule has 1 aliphatic carbocycles. The molecule has 10 heteroatoms. The number of fused-ring (bicyclic) bond motifs is 1. The second-order valence-corrected chi connectivity index (χ2v) is 12.7. The number of nitrogens with zero attached hydrogens (tertiary/aromatic N) is 2. The van der Waals surface area contributed by atoms with Gasteiger partial charge in [-0.05, 0) is 74.1 Å². The molecule has 3 aliphatic rings. The summed E-state index contributed by atoms with van der Waals surface area (Å²) in [5.74, 6) is 0.492. The Hall–Kier alpha value is -2.69. The molecule has 1 aromatic carbocycles. The lowest BCUT2D eigenvalue weighted by Crippen LogP contribution is -2.45. The summed E-state index contributed by atoms with van der Waals surface area (Å²) in [5.41, 5.74) is 1.69. The molecule has 1 aromatic heterocycles. The van der Waals surface area contributed by atoms with Crippen molar-refractivity contribution in [3.8, 4) is 5.88 Å². The molecule has 1 N–H and O–H groups in total. The second kappa shape index (κ2) is 11.6. The summed E-state index contributed by atoms with van der Waals surface area (Å²) in [6, 6.07) is 11.2. The molecule has 2 aromatic rings. The van der Waals surface area contributed by atoms with Crippen LogP contribution in [-0.2, 0) is 25.9 Å². The van der Waals surface area contributed by atoms with Crippen molar-refractivity contribution < 1.29 is 27.4 Å². The topological polar surface area (TPSA) is 107 Å². The van der Waals surface area contributed by atoms with E-state index in [2.05, 4.69) is 10.3 Å². The van der Waals surface area contributed by atoms with Crippen molar-refractivity contribution >= 4 is 15.9 Å². The van der Waals surface area contributed by atoms with Gasteiger partial charge in [0.05, 0.1) is 7.11 Å². The molecule has 2 aliphatic heterocycles. The first kappa shape index (κ1) is 26.9. The minimum absolute atomic E-state index is 0.0755. The van der Waals surface area contributed by atoms with Crippen LogP contribution < -0.4 is 10.1 Å². The Morgan fingerprint density at radius 2 is 1.95 bits per heavy atom. The monoisotopic (exact) mass is 543 g/mol. The van der Waals surface area contributed by atoms with Crippen LogP contribution in [0.2, 0.25) is 0 Å². The van der Waals surface area contributed by atoms with Crippen LogP contribution in [0.1, 0.15) is 36.8 Å². The third kappa shape index (κ3) is 5.67. The normalized spacial score (nSPS) is 25.6. The highest BCUT2D eigenvalue weighted by Crippen LogP contribution is 2.44. The van der Waals surface area contributed by atoms with Gasteiger partial charge in [-0.25, -0.2) is 18.2 Å². The maximum absolute atomic E-state index is 13.8. The average Bonchev–Trinajstić information content (AvgIpc) is 3.53. The van der Waals surface area contributed by atoms with E-state index in [0.29, 0.717) is 38.6 Å². The average molecular weight is 544 g/mol. The molecule has 0 unspecified atom stereocenters. The Labute approximate surface area is 224 Å². The number of nitrogens with one attached hydrogen (secondary N) is 1. The number of methoxy groups -OCH3 is 1. The number of ether oxygens (including phenoxy) is 3. The summed E-state index contributed by atoms with van der Waals surface area (Å²) in [5, 5.41) is 2.51. The van der Waals surface area contributed by atoms with Crippen molar-refractivity contribution in [1.82, 2.24) is 15.2 Å². The number of aromatic nitrogens is 1. The van der Waals surface area contributed by atoms with Crippen molar-refractivity contribution in [2.24, 2.45) is 17.8 Å². The molecule has 5 rings (SSSR count). The molecular formula is C28H37N3O6S. The Morgan fingerprint density at radius 1 is 1.18 bits per heavy atom. The summed E-state index contributed by atoms with van der Waals surface area (Å²) >= 11 is 0. The van der Waals surface area contributed by atoms with E-state index in [1.54, 1.807) is 12.3 Å². The zero-order chi connectivity index (χ0) is 26.7. The summed E-state index contributed by atoms with van der Waals surface area (Å²) in [6.07, 6.45) is 4.43. The quantitative estimate of drug-likeness (QED) is 0.539. The van der Waals surface area contributed by atoms with E-state index in [9.17, 15) is 13.2 Å². The van der Waals surface area contributed by atoms with Crippen molar-refractivity contribution in [3.05, 3.63) is 53.7 Å². The van der Waals surface area contributed by atoms with Crippen LogP contribution >= 0.6 is 0 Å². The number of rotatable bonds is 8. The number of amides is 1. The van der Waals surface area contributed by atoms with Gasteiger partial charge >= 0.3 is 6.09 Å². The number of hydrogen-bond donors (Lipinski definition) is 1. The lowest BCUT2D eigenvalue weighted by Gasteiger charge is -2.34. The number of pyridine rings is 1. The molecule has 2 saturated heterocycles. The highest BCUT2D eigenvalue weighted by atomic mass is 32.2. The number of hydrogen-bond acceptors (Lipinski definition) is 8. The summed E-state index contributed by atoms with van der Waals surface area (Å²) < 4.78 is 44.2. The largest absolute Gasteiger partial charge is 0.480 e. The van der Waals surface area contributed by atoms with Gasteiger partial charge in [0.1, 0.15) is 16.9 Å². The number of aryl methyl sites for hydroxylation is 1. The van der Waals surface area contributed by atoms with Crippen molar-refractivity contribution in [2.45, 2.75) is 55.5 Å². The molecule has 0 spiro atoms. The molecule has 0 radical (unpaired) electrons. The number of sulfone groups is 1. The van der Waals surface area contributed by atoms with Gasteiger partial charge in [-0.2, -0.15) is 0 Å². The van der Waals surface area contributed by atoms with Crippen molar-refractivity contribution in [3.63, 3.8) is 0 Å². The molecule has 9 nitrogen and oxygen atoms in total. The summed E-state index contributed by atoms with van der Waals surface area (Å²) in [4.78, 5) is 19.6. The Morgan fingerprint density at radius 3 is 2.68 bits per heavy atom. The summed E-state index contributed by atoms with van der Waals surface area (Å²) in [6.45, 7) is 4.62. The molecule has 3 fully saturated rings. The fraction of sp³-hybridized carbons (Fsp3) is 0.571. The van der Waals surface area contributed by atoms with Gasteiger partial charge in [0.2, 0.25) is 5.88 Å². The zero-order valence-corrected chi connectivity index (χ0v) is 22.9. The van der Waals surface area contributed by atoms with Crippen LogP contribution in [0, 0.1) is 24.7 Å². The van der Waals surface area contributed by atoms with Crippen LogP contribution in [0.4, 0.5) is 4.79 Å². The molecule has 4 atom stereocenters. The van der Waals surface area contributed by atoms with E-state index in [1.165, 1.54) is 7.11 Å². The van der Waals surface area contributed by atoms with E-state index in [0.717, 1.165) is 30.4 Å². The first-order valence-corrected chi connectivity index (χ1v) is 14.9. The lowest BCUT2D eigenvalue weighted by atomic mass is 9.98. The van der Waals surface area contributed by atoms with Gasteiger partial charge in [-0.3, -0.25) is 0 Å². The van der Waals surface area contributed by atoms with Crippen LogP contribution in [-0.4, -0.2) is 69.2 Å². The smallest absolute Gasteiger partial charge is 0.410 e. The molecule has 1 saturated carbocycles.